The van der Waals surface area contributed by atoms with E-state index in [9.17, 15) is 13.6 Å². The molecule has 1 aromatic rings. The van der Waals surface area contributed by atoms with Gasteiger partial charge in [0.1, 0.15) is 0 Å². The Morgan fingerprint density at radius 1 is 1.43 bits per heavy atom. The van der Waals surface area contributed by atoms with Crippen LogP contribution in [-0.2, 0) is 6.61 Å². The van der Waals surface area contributed by atoms with E-state index >= 15 is 0 Å². The molecule has 0 spiro atoms. The van der Waals surface area contributed by atoms with Crippen LogP contribution in [0.2, 0.25) is 0 Å². The third kappa shape index (κ3) is 1.51. The van der Waals surface area contributed by atoms with Crippen LogP contribution < -0.4 is 11.5 Å². The third-order valence-corrected chi connectivity index (χ3v) is 1.77. The Bertz CT molecular complexity index is 393. The average Bonchev–Trinajstić information content (AvgIpc) is 2.14. The summed E-state index contributed by atoms with van der Waals surface area (Å²) in [5.74, 6) is -3.88. The van der Waals surface area contributed by atoms with Gasteiger partial charge in [0.05, 0.1) is 17.9 Å². The largest absolute Gasteiger partial charge is 0.396 e. The number of benzene rings is 1. The molecule has 76 valence electrons. The Hall–Kier alpha value is -1.69. The number of aliphatic hydroxyl groups is 1. The highest BCUT2D eigenvalue weighted by Gasteiger charge is 2.18. The van der Waals surface area contributed by atoms with E-state index in [0.29, 0.717) is 0 Å². The van der Waals surface area contributed by atoms with Gasteiger partial charge in [0.15, 0.2) is 11.6 Å². The van der Waals surface area contributed by atoms with Crippen LogP contribution in [0.15, 0.2) is 6.07 Å². The summed E-state index contributed by atoms with van der Waals surface area (Å²) in [6, 6.07) is 0.927. The predicted octanol–water partition coefficient (Wildman–Crippen LogP) is 0.138. The van der Waals surface area contributed by atoms with Crippen LogP contribution in [0.3, 0.4) is 0 Å². The SMILES string of the molecule is NC(=O)c1cc(CO)c(N)c(F)c1F. The number of aliphatic hydroxyl groups excluding tert-OH is 1. The van der Waals surface area contributed by atoms with Crippen molar-refractivity contribution in [3.8, 4) is 0 Å². The molecule has 5 N–H and O–H groups in total. The van der Waals surface area contributed by atoms with Gasteiger partial charge in [-0.3, -0.25) is 4.79 Å². The zero-order chi connectivity index (χ0) is 10.9. The smallest absolute Gasteiger partial charge is 0.251 e. The van der Waals surface area contributed by atoms with Gasteiger partial charge in [0.2, 0.25) is 0 Å². The third-order valence-electron chi connectivity index (χ3n) is 1.77. The summed E-state index contributed by atoms with van der Waals surface area (Å²) < 4.78 is 26.0. The van der Waals surface area contributed by atoms with Gasteiger partial charge in [-0.1, -0.05) is 0 Å². The van der Waals surface area contributed by atoms with Crippen LogP contribution in [0.5, 0.6) is 0 Å². The van der Waals surface area contributed by atoms with Gasteiger partial charge in [0, 0.05) is 5.56 Å². The van der Waals surface area contributed by atoms with Crippen LogP contribution in [0.1, 0.15) is 15.9 Å². The number of amides is 1. The van der Waals surface area contributed by atoms with Crippen molar-refractivity contribution < 1.29 is 18.7 Å². The molecule has 0 aromatic heterocycles. The number of nitrogens with two attached hydrogens (primary N) is 2. The molecule has 1 rings (SSSR count). The number of anilines is 1. The molecule has 0 bridgehead atoms. The first kappa shape index (κ1) is 10.4. The van der Waals surface area contributed by atoms with Gasteiger partial charge in [-0.2, -0.15) is 0 Å². The zero-order valence-corrected chi connectivity index (χ0v) is 7.05. The van der Waals surface area contributed by atoms with Gasteiger partial charge in [-0.05, 0) is 6.07 Å². The summed E-state index contributed by atoms with van der Waals surface area (Å²) in [6.45, 7) is -0.594. The van der Waals surface area contributed by atoms with E-state index in [0.717, 1.165) is 6.07 Å². The first-order valence-corrected chi connectivity index (χ1v) is 3.66. The summed E-state index contributed by atoms with van der Waals surface area (Å²) in [4.78, 5) is 10.6. The number of rotatable bonds is 2. The van der Waals surface area contributed by atoms with E-state index in [4.69, 9.17) is 16.6 Å². The van der Waals surface area contributed by atoms with Gasteiger partial charge in [0.25, 0.3) is 5.91 Å². The van der Waals surface area contributed by atoms with Gasteiger partial charge in [-0.15, -0.1) is 0 Å². The van der Waals surface area contributed by atoms with E-state index in [2.05, 4.69) is 0 Å². The van der Waals surface area contributed by atoms with Crippen molar-refractivity contribution in [2.45, 2.75) is 6.61 Å². The Morgan fingerprint density at radius 3 is 2.43 bits per heavy atom. The average molecular weight is 202 g/mol. The van der Waals surface area contributed by atoms with Crippen molar-refractivity contribution in [2.75, 3.05) is 5.73 Å². The molecule has 6 heteroatoms. The number of carbonyl (C=O) groups is 1. The van der Waals surface area contributed by atoms with Crippen molar-refractivity contribution >= 4 is 11.6 Å². The van der Waals surface area contributed by atoms with E-state index in [1.165, 1.54) is 0 Å². The molecule has 0 saturated heterocycles. The van der Waals surface area contributed by atoms with Gasteiger partial charge >= 0.3 is 0 Å². The fourth-order valence-electron chi connectivity index (χ4n) is 1.00. The molecule has 1 amide bonds. The lowest BCUT2D eigenvalue weighted by Gasteiger charge is -2.07. The highest BCUT2D eigenvalue weighted by atomic mass is 19.2. The topological polar surface area (TPSA) is 89.3 Å². The van der Waals surface area contributed by atoms with E-state index in [1.807, 2.05) is 0 Å². The van der Waals surface area contributed by atoms with Crippen molar-refractivity contribution in [3.05, 3.63) is 28.8 Å². The second-order valence-electron chi connectivity index (χ2n) is 2.65. The lowest BCUT2D eigenvalue weighted by atomic mass is 10.1. The van der Waals surface area contributed by atoms with Crippen LogP contribution in [0.4, 0.5) is 14.5 Å². The molecule has 0 aliphatic rings. The van der Waals surface area contributed by atoms with Crippen molar-refractivity contribution in [3.63, 3.8) is 0 Å². The van der Waals surface area contributed by atoms with Crippen molar-refractivity contribution in [2.24, 2.45) is 5.73 Å². The maximum Gasteiger partial charge on any atom is 0.251 e. The van der Waals surface area contributed by atoms with Crippen LogP contribution in [0.25, 0.3) is 0 Å². The number of primary amides is 1. The minimum atomic E-state index is -1.40. The number of nitrogen functional groups attached to an aromatic ring is 1. The molecule has 0 radical (unpaired) electrons. The normalized spacial score (nSPS) is 10.2. The quantitative estimate of drug-likeness (QED) is 0.596. The van der Waals surface area contributed by atoms with Gasteiger partial charge in [-0.25, -0.2) is 8.78 Å². The van der Waals surface area contributed by atoms with E-state index in [-0.39, 0.29) is 5.56 Å². The molecule has 0 atom stereocenters. The van der Waals surface area contributed by atoms with Crippen molar-refractivity contribution in [1.82, 2.24) is 0 Å². The Kier molecular flexibility index (Phi) is 2.66. The molecule has 0 aliphatic carbocycles. The van der Waals surface area contributed by atoms with Crippen LogP contribution >= 0.6 is 0 Å². The fourth-order valence-corrected chi connectivity index (χ4v) is 1.00. The number of carbonyl (C=O) groups excluding carboxylic acids is 1. The molecular weight excluding hydrogens is 194 g/mol. The minimum absolute atomic E-state index is 0.0716. The number of hydrogen-bond donors (Lipinski definition) is 3. The lowest BCUT2D eigenvalue weighted by Crippen LogP contribution is -2.16. The Balaban J connectivity index is 3.48. The standard InChI is InChI=1S/C8H8F2N2O2/c9-5-4(8(12)14)1-3(2-13)7(11)6(5)10/h1,13H,2,11H2,(H2,12,14). The Labute approximate surface area is 78.1 Å². The Morgan fingerprint density at radius 2 is 2.00 bits per heavy atom. The molecule has 0 heterocycles. The molecule has 0 unspecified atom stereocenters. The molecule has 0 aliphatic heterocycles. The minimum Gasteiger partial charge on any atom is -0.396 e. The molecule has 0 saturated carbocycles. The van der Waals surface area contributed by atoms with Gasteiger partial charge < -0.3 is 16.6 Å². The summed E-state index contributed by atoms with van der Waals surface area (Å²) in [6.07, 6.45) is 0. The fraction of sp³-hybridized carbons (Fsp3) is 0.125. The highest BCUT2D eigenvalue weighted by Crippen LogP contribution is 2.22. The lowest BCUT2D eigenvalue weighted by molar-refractivity contribution is 0.0995. The predicted molar refractivity (Wildman–Crippen MR) is 45.2 cm³/mol. The van der Waals surface area contributed by atoms with E-state index < -0.39 is 35.4 Å². The molecular formula is C8H8F2N2O2. The summed E-state index contributed by atoms with van der Waals surface area (Å²) in [7, 11) is 0. The second-order valence-corrected chi connectivity index (χ2v) is 2.65. The maximum absolute atomic E-state index is 13.0. The van der Waals surface area contributed by atoms with Crippen LogP contribution in [0, 0.1) is 11.6 Å². The molecule has 4 nitrogen and oxygen atoms in total. The zero-order valence-electron chi connectivity index (χ0n) is 7.05. The van der Waals surface area contributed by atoms with Crippen molar-refractivity contribution in [1.29, 1.82) is 0 Å². The first-order valence-electron chi connectivity index (χ1n) is 3.66. The maximum atomic E-state index is 13.0. The summed E-state index contributed by atoms with van der Waals surface area (Å²) in [5, 5.41) is 8.72. The number of hydrogen-bond acceptors (Lipinski definition) is 3. The monoisotopic (exact) mass is 202 g/mol. The molecule has 1 aromatic carbocycles. The van der Waals surface area contributed by atoms with Crippen LogP contribution in [-0.4, -0.2) is 11.0 Å². The summed E-state index contributed by atoms with van der Waals surface area (Å²) >= 11 is 0. The highest BCUT2D eigenvalue weighted by molar-refractivity contribution is 5.93. The van der Waals surface area contributed by atoms with E-state index in [1.54, 1.807) is 0 Å². The number of halogens is 2. The second kappa shape index (κ2) is 3.59. The molecule has 14 heavy (non-hydrogen) atoms. The molecule has 0 fully saturated rings. The first-order chi connectivity index (χ1) is 6.49. The summed E-state index contributed by atoms with van der Waals surface area (Å²) in [5.41, 5.74) is 8.71.